The first-order valence-corrected chi connectivity index (χ1v) is 12.6. The molecule has 164 valence electrons. The fraction of sp³-hybridized carbons (Fsp3) is 0.429. The lowest BCUT2D eigenvalue weighted by Gasteiger charge is -2.46. The topological polar surface area (TPSA) is 78.0 Å². The summed E-state index contributed by atoms with van der Waals surface area (Å²) in [5, 5.41) is 0. The van der Waals surface area contributed by atoms with E-state index in [9.17, 15) is 16.8 Å². The molecule has 2 aromatic rings. The maximum absolute atomic E-state index is 13.3. The lowest BCUT2D eigenvalue weighted by atomic mass is 10.1. The van der Waals surface area contributed by atoms with Crippen LogP contribution in [0.1, 0.15) is 31.9 Å². The smallest absolute Gasteiger partial charge is 0.245 e. The molecule has 9 heteroatoms. The second-order valence-electron chi connectivity index (χ2n) is 8.67. The molecule has 0 atom stereocenters. The van der Waals surface area contributed by atoms with Crippen molar-refractivity contribution in [2.24, 2.45) is 0 Å². The number of hydrogen-bond donors (Lipinski definition) is 0. The predicted octanol–water partition coefficient (Wildman–Crippen LogP) is 2.97. The zero-order valence-electron chi connectivity index (χ0n) is 18.0. The third-order valence-electron chi connectivity index (χ3n) is 5.24. The average molecular weight is 452 g/mol. The van der Waals surface area contributed by atoms with Gasteiger partial charge in [0.15, 0.2) is 0 Å². The predicted molar refractivity (Wildman–Crippen MR) is 117 cm³/mol. The van der Waals surface area contributed by atoms with E-state index in [-0.39, 0.29) is 29.8 Å². The van der Waals surface area contributed by atoms with Gasteiger partial charge in [0.25, 0.3) is 0 Å². The molecule has 0 radical (unpaired) electrons. The molecule has 30 heavy (non-hydrogen) atoms. The zero-order chi connectivity index (χ0) is 22.3. The highest BCUT2D eigenvalue weighted by atomic mass is 32.2. The molecular weight excluding hydrogens is 422 g/mol. The summed E-state index contributed by atoms with van der Waals surface area (Å²) < 4.78 is 55.7. The molecule has 0 bridgehead atoms. The molecule has 2 aromatic carbocycles. The highest BCUT2D eigenvalue weighted by Crippen LogP contribution is 2.28. The summed E-state index contributed by atoms with van der Waals surface area (Å²) in [6.07, 6.45) is 0. The van der Waals surface area contributed by atoms with Crippen molar-refractivity contribution in [2.75, 3.05) is 20.0 Å². The van der Waals surface area contributed by atoms with Crippen molar-refractivity contribution in [3.05, 3.63) is 59.7 Å². The van der Waals surface area contributed by atoms with Crippen LogP contribution in [0.2, 0.25) is 0 Å². The van der Waals surface area contributed by atoms with Crippen molar-refractivity contribution in [1.29, 1.82) is 0 Å². The van der Waals surface area contributed by atoms with Crippen LogP contribution in [0.15, 0.2) is 58.3 Å². The van der Waals surface area contributed by atoms with Gasteiger partial charge in [0.05, 0.1) is 29.8 Å². The summed E-state index contributed by atoms with van der Waals surface area (Å²) in [6, 6.07) is 13.2. The van der Waals surface area contributed by atoms with Gasteiger partial charge in [-0.25, -0.2) is 16.8 Å². The quantitative estimate of drug-likeness (QED) is 0.714. The minimum atomic E-state index is -3.87. The van der Waals surface area contributed by atoms with Gasteiger partial charge in [0.2, 0.25) is 20.0 Å². The first-order valence-electron chi connectivity index (χ1n) is 9.70. The van der Waals surface area contributed by atoms with Crippen molar-refractivity contribution in [2.45, 2.75) is 49.9 Å². The van der Waals surface area contributed by atoms with E-state index in [0.717, 1.165) is 11.1 Å². The molecule has 0 aromatic heterocycles. The SMILES string of the molecule is Cc1ccc(S(=O)(=O)N2CN(C(C)(C)C)CN(S(=O)(=O)c3ccc(C)cc3)C2)cc1. The fourth-order valence-electron chi connectivity index (χ4n) is 3.14. The van der Waals surface area contributed by atoms with Crippen LogP contribution in [0.5, 0.6) is 0 Å². The van der Waals surface area contributed by atoms with Crippen LogP contribution in [-0.2, 0) is 20.0 Å². The molecule has 1 aliphatic rings. The lowest BCUT2D eigenvalue weighted by Crippen LogP contribution is -2.62. The maximum Gasteiger partial charge on any atom is 0.245 e. The molecule has 7 nitrogen and oxygen atoms in total. The molecule has 0 unspecified atom stereocenters. The van der Waals surface area contributed by atoms with Gasteiger partial charge in [-0.3, -0.25) is 4.90 Å². The number of rotatable bonds is 4. The lowest BCUT2D eigenvalue weighted by molar-refractivity contribution is 0.00110. The number of hydrogen-bond acceptors (Lipinski definition) is 5. The van der Waals surface area contributed by atoms with Gasteiger partial charge >= 0.3 is 0 Å². The third-order valence-corrected chi connectivity index (χ3v) is 8.80. The Bertz CT molecular complexity index is 1020. The largest absolute Gasteiger partial charge is 0.271 e. The van der Waals surface area contributed by atoms with E-state index < -0.39 is 25.6 Å². The van der Waals surface area contributed by atoms with Crippen molar-refractivity contribution in [3.8, 4) is 0 Å². The van der Waals surface area contributed by atoms with Gasteiger partial charge in [-0.2, -0.15) is 8.61 Å². The highest BCUT2D eigenvalue weighted by Gasteiger charge is 2.41. The van der Waals surface area contributed by atoms with Crippen molar-refractivity contribution in [1.82, 2.24) is 13.5 Å². The Morgan fingerprint density at radius 3 is 1.27 bits per heavy atom. The van der Waals surface area contributed by atoms with Gasteiger partial charge < -0.3 is 0 Å². The van der Waals surface area contributed by atoms with E-state index in [1.807, 2.05) is 39.5 Å². The van der Waals surface area contributed by atoms with E-state index in [0.29, 0.717) is 0 Å². The number of sulfonamides is 2. The Kier molecular flexibility index (Phi) is 6.14. The van der Waals surface area contributed by atoms with Crippen LogP contribution in [-0.4, -0.2) is 55.9 Å². The molecule has 0 aliphatic carbocycles. The average Bonchev–Trinajstić information content (AvgIpc) is 2.67. The Hall–Kier alpha value is -1.78. The molecule has 0 amide bonds. The van der Waals surface area contributed by atoms with E-state index in [2.05, 4.69) is 0 Å². The van der Waals surface area contributed by atoms with Crippen molar-refractivity contribution < 1.29 is 16.8 Å². The molecule has 1 fully saturated rings. The second-order valence-corrected chi connectivity index (χ2v) is 12.6. The molecule has 0 N–H and O–H groups in total. The van der Waals surface area contributed by atoms with Gasteiger partial charge in [0.1, 0.15) is 0 Å². The van der Waals surface area contributed by atoms with Crippen LogP contribution in [0.4, 0.5) is 0 Å². The van der Waals surface area contributed by atoms with Crippen LogP contribution in [0.3, 0.4) is 0 Å². The van der Waals surface area contributed by atoms with Crippen LogP contribution in [0.25, 0.3) is 0 Å². The molecule has 1 heterocycles. The third kappa shape index (κ3) is 4.60. The van der Waals surface area contributed by atoms with E-state index in [1.165, 1.54) is 8.61 Å². The first kappa shape index (κ1) is 22.9. The van der Waals surface area contributed by atoms with Crippen LogP contribution in [0, 0.1) is 13.8 Å². The van der Waals surface area contributed by atoms with Crippen LogP contribution >= 0.6 is 0 Å². The summed E-state index contributed by atoms with van der Waals surface area (Å²) in [5.74, 6) is 0. The molecule has 0 saturated carbocycles. The number of benzene rings is 2. The Labute approximate surface area is 180 Å². The standard InChI is InChI=1S/C21H29N3O4S2/c1-17-6-10-19(11-7-17)29(25,26)23-14-22(21(3,4)5)15-24(16-23)30(27,28)20-12-8-18(2)9-13-20/h6-13H,14-16H2,1-5H3. The molecule has 3 rings (SSSR count). The van der Waals surface area contributed by atoms with Crippen LogP contribution < -0.4 is 0 Å². The van der Waals surface area contributed by atoms with E-state index in [4.69, 9.17) is 0 Å². The van der Waals surface area contributed by atoms with E-state index in [1.54, 1.807) is 48.5 Å². The fourth-order valence-corrected chi connectivity index (χ4v) is 5.93. The van der Waals surface area contributed by atoms with Gasteiger partial charge in [-0.05, 0) is 58.9 Å². The highest BCUT2D eigenvalue weighted by molar-refractivity contribution is 7.90. The second kappa shape index (κ2) is 8.05. The molecule has 1 saturated heterocycles. The minimum absolute atomic E-state index is 0.111. The molecule has 0 spiro atoms. The van der Waals surface area contributed by atoms with Gasteiger partial charge in [0, 0.05) is 5.54 Å². The normalized spacial score (nSPS) is 17.9. The summed E-state index contributed by atoms with van der Waals surface area (Å²) in [4.78, 5) is 2.14. The summed E-state index contributed by atoms with van der Waals surface area (Å²) in [6.45, 7) is 9.56. The Morgan fingerprint density at radius 2 is 0.967 bits per heavy atom. The minimum Gasteiger partial charge on any atom is -0.271 e. The first-order chi connectivity index (χ1) is 13.8. The van der Waals surface area contributed by atoms with Crippen molar-refractivity contribution in [3.63, 3.8) is 0 Å². The van der Waals surface area contributed by atoms with Gasteiger partial charge in [-0.1, -0.05) is 35.4 Å². The Balaban J connectivity index is 2.01. The molecule has 1 aliphatic heterocycles. The zero-order valence-corrected chi connectivity index (χ0v) is 19.7. The summed E-state index contributed by atoms with van der Waals surface area (Å²) in [7, 11) is -7.74. The maximum atomic E-state index is 13.3. The molecular formula is C21H29N3O4S2. The van der Waals surface area contributed by atoms with Crippen molar-refractivity contribution >= 4 is 20.0 Å². The number of nitrogens with zero attached hydrogens (tertiary/aromatic N) is 3. The Morgan fingerprint density at radius 1 is 0.633 bits per heavy atom. The van der Waals surface area contributed by atoms with Gasteiger partial charge in [-0.15, -0.1) is 0 Å². The van der Waals surface area contributed by atoms with E-state index >= 15 is 0 Å². The summed E-state index contributed by atoms with van der Waals surface area (Å²) in [5.41, 5.74) is 1.47. The number of aryl methyl sites for hydroxylation is 2. The summed E-state index contributed by atoms with van der Waals surface area (Å²) >= 11 is 0. The monoisotopic (exact) mass is 451 g/mol.